The van der Waals surface area contributed by atoms with E-state index in [0.717, 1.165) is 28.0 Å². The third kappa shape index (κ3) is 3.66. The SMILES string of the molecule is Cc1ccc(C2C3=C(NCCN=C3c3ccccc3)C(=O)N2Cc2ccccc2)cc1. The average Bonchev–Trinajstić information content (AvgIpc) is 2.94. The van der Waals surface area contributed by atoms with Crippen LogP contribution in [0.3, 0.4) is 0 Å². The number of aryl methyl sites for hydroxylation is 1. The second kappa shape index (κ2) is 8.23. The third-order valence-electron chi connectivity index (χ3n) is 5.90. The minimum Gasteiger partial charge on any atom is -0.378 e. The largest absolute Gasteiger partial charge is 0.378 e. The maximum absolute atomic E-state index is 13.7. The van der Waals surface area contributed by atoms with Gasteiger partial charge >= 0.3 is 0 Å². The van der Waals surface area contributed by atoms with Crippen molar-refractivity contribution in [2.24, 2.45) is 4.99 Å². The van der Waals surface area contributed by atoms with Crippen molar-refractivity contribution < 1.29 is 4.79 Å². The maximum atomic E-state index is 13.7. The molecule has 0 fully saturated rings. The zero-order valence-electron chi connectivity index (χ0n) is 17.6. The lowest BCUT2D eigenvalue weighted by atomic mass is 9.91. The van der Waals surface area contributed by atoms with Gasteiger partial charge in [-0.3, -0.25) is 9.79 Å². The highest BCUT2D eigenvalue weighted by Gasteiger charge is 2.43. The molecule has 0 aliphatic carbocycles. The number of aliphatic imine (C=N–C) groups is 1. The molecule has 31 heavy (non-hydrogen) atoms. The summed E-state index contributed by atoms with van der Waals surface area (Å²) in [5.74, 6) is 0.0370. The summed E-state index contributed by atoms with van der Waals surface area (Å²) in [6.07, 6.45) is 0. The van der Waals surface area contributed by atoms with Crippen LogP contribution in [-0.4, -0.2) is 29.6 Å². The molecule has 4 heteroatoms. The Morgan fingerprint density at radius 3 is 2.32 bits per heavy atom. The summed E-state index contributed by atoms with van der Waals surface area (Å²) in [7, 11) is 0. The van der Waals surface area contributed by atoms with Crippen molar-refractivity contribution in [1.82, 2.24) is 10.2 Å². The third-order valence-corrected chi connectivity index (χ3v) is 5.90. The van der Waals surface area contributed by atoms with Crippen LogP contribution < -0.4 is 5.32 Å². The van der Waals surface area contributed by atoms with E-state index in [0.29, 0.717) is 25.3 Å². The average molecular weight is 408 g/mol. The molecule has 1 amide bonds. The molecule has 0 aromatic heterocycles. The smallest absolute Gasteiger partial charge is 0.271 e. The van der Waals surface area contributed by atoms with E-state index in [1.165, 1.54) is 5.56 Å². The van der Waals surface area contributed by atoms with E-state index in [-0.39, 0.29) is 11.9 Å². The minimum absolute atomic E-state index is 0.0370. The summed E-state index contributed by atoms with van der Waals surface area (Å²) in [6.45, 7) is 3.93. The minimum atomic E-state index is -0.187. The summed E-state index contributed by atoms with van der Waals surface area (Å²) >= 11 is 0. The van der Waals surface area contributed by atoms with Crippen LogP contribution >= 0.6 is 0 Å². The summed E-state index contributed by atoms with van der Waals surface area (Å²) in [5.41, 5.74) is 7.04. The number of hydrogen-bond acceptors (Lipinski definition) is 3. The topological polar surface area (TPSA) is 44.7 Å². The van der Waals surface area contributed by atoms with E-state index in [4.69, 9.17) is 4.99 Å². The molecule has 1 unspecified atom stereocenters. The highest BCUT2D eigenvalue weighted by atomic mass is 16.2. The van der Waals surface area contributed by atoms with Gasteiger partial charge in [0.2, 0.25) is 0 Å². The van der Waals surface area contributed by atoms with Crippen LogP contribution in [-0.2, 0) is 11.3 Å². The Labute approximate surface area is 182 Å². The first kappa shape index (κ1) is 19.3. The molecule has 1 N–H and O–H groups in total. The molecular weight excluding hydrogens is 382 g/mol. The fourth-order valence-corrected chi connectivity index (χ4v) is 4.40. The molecule has 0 spiro atoms. The molecule has 154 valence electrons. The zero-order valence-corrected chi connectivity index (χ0v) is 17.6. The number of hydrogen-bond donors (Lipinski definition) is 1. The molecule has 0 radical (unpaired) electrons. The van der Waals surface area contributed by atoms with Gasteiger partial charge in [-0.25, -0.2) is 0 Å². The normalized spacial score (nSPS) is 18.4. The lowest BCUT2D eigenvalue weighted by Crippen LogP contribution is -2.33. The van der Waals surface area contributed by atoms with E-state index in [2.05, 4.69) is 60.8 Å². The molecule has 0 saturated heterocycles. The highest BCUT2D eigenvalue weighted by Crippen LogP contribution is 2.40. The summed E-state index contributed by atoms with van der Waals surface area (Å²) < 4.78 is 0. The monoisotopic (exact) mass is 407 g/mol. The number of carbonyl (C=O) groups excluding carboxylic acids is 1. The Morgan fingerprint density at radius 1 is 0.935 bits per heavy atom. The second-order valence-corrected chi connectivity index (χ2v) is 8.04. The number of amides is 1. The number of rotatable bonds is 4. The van der Waals surface area contributed by atoms with Crippen molar-refractivity contribution in [3.8, 4) is 0 Å². The second-order valence-electron chi connectivity index (χ2n) is 8.04. The van der Waals surface area contributed by atoms with Gasteiger partial charge in [0.25, 0.3) is 5.91 Å². The first-order valence-corrected chi connectivity index (χ1v) is 10.7. The van der Waals surface area contributed by atoms with Crippen molar-refractivity contribution in [3.63, 3.8) is 0 Å². The van der Waals surface area contributed by atoms with E-state index in [1.54, 1.807) is 0 Å². The van der Waals surface area contributed by atoms with Gasteiger partial charge < -0.3 is 10.2 Å². The zero-order chi connectivity index (χ0) is 21.2. The van der Waals surface area contributed by atoms with E-state index in [1.807, 2.05) is 41.3 Å². The number of nitrogens with one attached hydrogen (secondary N) is 1. The Morgan fingerprint density at radius 2 is 1.61 bits per heavy atom. The molecule has 0 bridgehead atoms. The number of carbonyl (C=O) groups is 1. The van der Waals surface area contributed by atoms with E-state index < -0.39 is 0 Å². The van der Waals surface area contributed by atoms with Crippen LogP contribution in [0.15, 0.2) is 101 Å². The van der Waals surface area contributed by atoms with Gasteiger partial charge in [0, 0.05) is 24.2 Å². The fourth-order valence-electron chi connectivity index (χ4n) is 4.40. The first-order valence-electron chi connectivity index (χ1n) is 10.7. The van der Waals surface area contributed by atoms with Gasteiger partial charge in [-0.1, -0.05) is 90.5 Å². The van der Waals surface area contributed by atoms with Gasteiger partial charge in [-0.2, -0.15) is 0 Å². The Balaban J connectivity index is 1.65. The van der Waals surface area contributed by atoms with Crippen molar-refractivity contribution >= 4 is 11.6 Å². The summed E-state index contributed by atoms with van der Waals surface area (Å²) in [4.78, 5) is 20.6. The van der Waals surface area contributed by atoms with Gasteiger partial charge in [0.1, 0.15) is 5.70 Å². The predicted octanol–water partition coefficient (Wildman–Crippen LogP) is 4.43. The van der Waals surface area contributed by atoms with Crippen LogP contribution in [0.5, 0.6) is 0 Å². The Bertz CT molecular complexity index is 1150. The fraction of sp³-hybridized carbons (Fsp3) is 0.185. The van der Waals surface area contributed by atoms with Crippen LogP contribution in [0, 0.1) is 6.92 Å². The highest BCUT2D eigenvalue weighted by molar-refractivity contribution is 6.19. The van der Waals surface area contributed by atoms with Crippen molar-refractivity contribution in [2.75, 3.05) is 13.1 Å². The molecule has 4 nitrogen and oxygen atoms in total. The molecule has 2 heterocycles. The molecular formula is C27H25N3O. The van der Waals surface area contributed by atoms with Crippen LogP contribution in [0.1, 0.15) is 28.3 Å². The summed E-state index contributed by atoms with van der Waals surface area (Å²) in [5, 5.41) is 3.39. The number of benzene rings is 3. The van der Waals surface area contributed by atoms with Crippen molar-refractivity contribution in [2.45, 2.75) is 19.5 Å². The van der Waals surface area contributed by atoms with Gasteiger partial charge in [0.15, 0.2) is 0 Å². The lowest BCUT2D eigenvalue weighted by molar-refractivity contribution is -0.128. The van der Waals surface area contributed by atoms with Crippen molar-refractivity contribution in [3.05, 3.63) is 118 Å². The first-order chi connectivity index (χ1) is 15.2. The Kier molecular flexibility index (Phi) is 5.13. The van der Waals surface area contributed by atoms with E-state index >= 15 is 0 Å². The molecule has 3 aromatic rings. The molecule has 2 aliphatic rings. The molecule has 2 aliphatic heterocycles. The molecule has 5 rings (SSSR count). The van der Waals surface area contributed by atoms with Gasteiger partial charge in [-0.05, 0) is 18.1 Å². The lowest BCUT2D eigenvalue weighted by Gasteiger charge is -2.28. The standard InChI is InChI=1S/C27H25N3O/c1-19-12-14-22(15-13-19)26-23-24(21-10-6-3-7-11-21)28-16-17-29-25(23)27(31)30(26)18-20-8-4-2-5-9-20/h2-15,26,29H,16-18H2,1H3. The van der Waals surface area contributed by atoms with Crippen molar-refractivity contribution in [1.29, 1.82) is 0 Å². The quantitative estimate of drug-likeness (QED) is 0.696. The predicted molar refractivity (Wildman–Crippen MR) is 124 cm³/mol. The van der Waals surface area contributed by atoms with Crippen LogP contribution in [0.2, 0.25) is 0 Å². The molecule has 1 atom stereocenters. The van der Waals surface area contributed by atoms with Crippen LogP contribution in [0.25, 0.3) is 0 Å². The number of nitrogens with zero attached hydrogens (tertiary/aromatic N) is 2. The summed E-state index contributed by atoms with van der Waals surface area (Å²) in [6, 6.07) is 28.7. The van der Waals surface area contributed by atoms with Crippen LogP contribution in [0.4, 0.5) is 0 Å². The maximum Gasteiger partial charge on any atom is 0.271 e. The van der Waals surface area contributed by atoms with E-state index in [9.17, 15) is 4.79 Å². The molecule has 3 aromatic carbocycles. The van der Waals surface area contributed by atoms with Gasteiger partial charge in [-0.15, -0.1) is 0 Å². The molecule has 0 saturated carbocycles. The van der Waals surface area contributed by atoms with Gasteiger partial charge in [0.05, 0.1) is 18.3 Å². The Hall–Kier alpha value is -3.66.